The number of hydrogen-bond acceptors (Lipinski definition) is 6. The Morgan fingerprint density at radius 1 is 0.925 bits per heavy atom. The van der Waals surface area contributed by atoms with Crippen molar-refractivity contribution in [1.29, 1.82) is 0 Å². The number of benzene rings is 3. The van der Waals surface area contributed by atoms with Crippen LogP contribution in [0, 0.1) is 10.1 Å². The van der Waals surface area contributed by atoms with Crippen molar-refractivity contribution >= 4 is 33.2 Å². The van der Waals surface area contributed by atoms with Gasteiger partial charge in [-0.3, -0.25) is 24.0 Å². The molecule has 40 heavy (non-hydrogen) atoms. The Hall–Kier alpha value is -4.25. The van der Waals surface area contributed by atoms with Crippen LogP contribution in [0.3, 0.4) is 0 Å². The second kappa shape index (κ2) is 13.7. The number of nitro benzene ring substituents is 1. The van der Waals surface area contributed by atoms with Crippen molar-refractivity contribution in [3.63, 3.8) is 0 Å². The molecule has 10 nitrogen and oxygen atoms in total. The second-order valence-electron chi connectivity index (χ2n) is 9.41. The first-order valence-electron chi connectivity index (χ1n) is 13.0. The highest BCUT2D eigenvalue weighted by molar-refractivity contribution is 7.92. The number of nitrogens with zero attached hydrogens (tertiary/aromatic N) is 3. The van der Waals surface area contributed by atoms with Crippen molar-refractivity contribution in [3.8, 4) is 0 Å². The van der Waals surface area contributed by atoms with Crippen molar-refractivity contribution in [2.24, 2.45) is 0 Å². The van der Waals surface area contributed by atoms with Crippen molar-refractivity contribution in [1.82, 2.24) is 10.2 Å². The number of anilines is 1. The van der Waals surface area contributed by atoms with E-state index in [1.54, 1.807) is 25.1 Å². The maximum atomic E-state index is 13.8. The zero-order valence-corrected chi connectivity index (χ0v) is 23.6. The van der Waals surface area contributed by atoms with Crippen LogP contribution in [0.25, 0.3) is 0 Å². The van der Waals surface area contributed by atoms with E-state index in [1.165, 1.54) is 41.3 Å². The molecule has 0 radical (unpaired) electrons. The Morgan fingerprint density at radius 3 is 2.05 bits per heavy atom. The van der Waals surface area contributed by atoms with Crippen LogP contribution in [0.4, 0.5) is 11.4 Å². The molecule has 3 rings (SSSR count). The molecule has 2 amide bonds. The maximum Gasteiger partial charge on any atom is 0.269 e. The van der Waals surface area contributed by atoms with Gasteiger partial charge >= 0.3 is 0 Å². The number of carbonyl (C=O) groups excluding carboxylic acids is 2. The smallest absolute Gasteiger partial charge is 0.269 e. The molecule has 0 unspecified atom stereocenters. The molecule has 0 spiro atoms. The number of sulfonamides is 1. The quantitative estimate of drug-likeness (QED) is 0.244. The highest BCUT2D eigenvalue weighted by atomic mass is 32.2. The molecule has 0 aromatic heterocycles. The summed E-state index contributed by atoms with van der Waals surface area (Å²) in [5.74, 6) is -0.927. The van der Waals surface area contributed by atoms with Crippen LogP contribution in [0.15, 0.2) is 89.8 Å². The fourth-order valence-electron chi connectivity index (χ4n) is 4.02. The number of amides is 2. The van der Waals surface area contributed by atoms with Gasteiger partial charge in [0.25, 0.3) is 15.7 Å². The summed E-state index contributed by atoms with van der Waals surface area (Å²) < 4.78 is 28.4. The van der Waals surface area contributed by atoms with Gasteiger partial charge in [-0.1, -0.05) is 55.5 Å². The number of nitrogens with one attached hydrogen (secondary N) is 1. The lowest BCUT2D eigenvalue weighted by atomic mass is 10.1. The minimum atomic E-state index is -4.24. The SMILES string of the molecule is CC[C@@H](C)NC(=O)[C@@H](C)N(CCc1ccccc1)C(=O)CN(c1ccc([N+](=O)[O-])cc1)S(=O)(=O)c1ccccc1. The normalized spacial score (nSPS) is 12.7. The first-order valence-corrected chi connectivity index (χ1v) is 14.4. The van der Waals surface area contributed by atoms with Crippen LogP contribution in [0.1, 0.15) is 32.8 Å². The van der Waals surface area contributed by atoms with Crippen molar-refractivity contribution in [2.75, 3.05) is 17.4 Å². The molecule has 1 N–H and O–H groups in total. The number of nitro groups is 1. The topological polar surface area (TPSA) is 130 Å². The molecule has 0 aliphatic carbocycles. The average Bonchev–Trinajstić information content (AvgIpc) is 2.96. The lowest BCUT2D eigenvalue weighted by Gasteiger charge is -2.32. The standard InChI is InChI=1S/C29H34N4O6S/c1-4-22(2)30-29(35)23(3)31(20-19-24-11-7-5-8-12-24)28(34)21-32(25-15-17-26(18-16-25)33(36)37)40(38,39)27-13-9-6-10-14-27/h5-18,22-23H,4,19-21H2,1-3H3,(H,30,35)/t22-,23-/m1/s1. The Kier molecular flexibility index (Phi) is 10.4. The Bertz CT molecular complexity index is 1400. The number of rotatable bonds is 13. The van der Waals surface area contributed by atoms with E-state index in [4.69, 9.17) is 0 Å². The minimum absolute atomic E-state index is 0.0421. The predicted octanol–water partition coefficient (Wildman–Crippen LogP) is 4.16. The first kappa shape index (κ1) is 30.3. The summed E-state index contributed by atoms with van der Waals surface area (Å²) in [7, 11) is -4.24. The minimum Gasteiger partial charge on any atom is -0.352 e. The lowest BCUT2D eigenvalue weighted by Crippen LogP contribution is -2.53. The van der Waals surface area contributed by atoms with Gasteiger partial charge in [0.2, 0.25) is 11.8 Å². The van der Waals surface area contributed by atoms with E-state index < -0.39 is 33.4 Å². The maximum absolute atomic E-state index is 13.8. The third-order valence-corrected chi connectivity index (χ3v) is 8.40. The summed E-state index contributed by atoms with van der Waals surface area (Å²) in [6, 6.07) is 21.1. The highest BCUT2D eigenvalue weighted by Gasteiger charge is 2.32. The van der Waals surface area contributed by atoms with Gasteiger partial charge in [0, 0.05) is 24.7 Å². The molecule has 0 saturated carbocycles. The van der Waals surface area contributed by atoms with Gasteiger partial charge in [-0.25, -0.2) is 8.42 Å². The fraction of sp³-hybridized carbons (Fsp3) is 0.310. The summed E-state index contributed by atoms with van der Waals surface area (Å²) >= 11 is 0. The van der Waals surface area contributed by atoms with Gasteiger partial charge in [0.15, 0.2) is 0 Å². The Labute approximate surface area is 234 Å². The monoisotopic (exact) mass is 566 g/mol. The summed E-state index contributed by atoms with van der Waals surface area (Å²) in [6.07, 6.45) is 1.16. The molecule has 212 valence electrons. The van der Waals surface area contributed by atoms with E-state index >= 15 is 0 Å². The van der Waals surface area contributed by atoms with Crippen LogP contribution < -0.4 is 9.62 Å². The van der Waals surface area contributed by atoms with Crippen LogP contribution in [0.2, 0.25) is 0 Å². The highest BCUT2D eigenvalue weighted by Crippen LogP contribution is 2.26. The third-order valence-electron chi connectivity index (χ3n) is 6.61. The molecule has 0 heterocycles. The molecule has 0 fully saturated rings. The molecular weight excluding hydrogens is 532 g/mol. The molecule has 0 bridgehead atoms. The molecule has 3 aromatic carbocycles. The van der Waals surface area contributed by atoms with E-state index in [0.29, 0.717) is 12.8 Å². The zero-order valence-electron chi connectivity index (χ0n) is 22.8. The van der Waals surface area contributed by atoms with E-state index in [1.807, 2.05) is 44.2 Å². The van der Waals surface area contributed by atoms with Crippen LogP contribution in [-0.2, 0) is 26.0 Å². The van der Waals surface area contributed by atoms with E-state index in [9.17, 15) is 28.1 Å². The molecule has 0 aliphatic heterocycles. The molecule has 2 atom stereocenters. The second-order valence-corrected chi connectivity index (χ2v) is 11.3. The first-order chi connectivity index (χ1) is 19.0. The number of carbonyl (C=O) groups is 2. The lowest BCUT2D eigenvalue weighted by molar-refractivity contribution is -0.384. The fourth-order valence-corrected chi connectivity index (χ4v) is 5.46. The average molecular weight is 567 g/mol. The molecule has 11 heteroatoms. The van der Waals surface area contributed by atoms with Crippen molar-refractivity contribution in [2.45, 2.75) is 50.6 Å². The van der Waals surface area contributed by atoms with E-state index in [2.05, 4.69) is 5.32 Å². The summed E-state index contributed by atoms with van der Waals surface area (Å²) in [5.41, 5.74) is 0.827. The van der Waals surface area contributed by atoms with Gasteiger partial charge in [0.05, 0.1) is 15.5 Å². The Balaban J connectivity index is 1.98. The summed E-state index contributed by atoms with van der Waals surface area (Å²) in [5, 5.41) is 14.1. The largest absolute Gasteiger partial charge is 0.352 e. The Morgan fingerprint density at radius 2 is 1.50 bits per heavy atom. The van der Waals surface area contributed by atoms with Crippen molar-refractivity contribution < 1.29 is 22.9 Å². The van der Waals surface area contributed by atoms with Gasteiger partial charge in [-0.05, 0) is 56.5 Å². The van der Waals surface area contributed by atoms with E-state index in [-0.39, 0.29) is 34.8 Å². The van der Waals surface area contributed by atoms with Crippen molar-refractivity contribution in [3.05, 3.63) is 101 Å². The van der Waals surface area contributed by atoms with Crippen LogP contribution >= 0.6 is 0 Å². The van der Waals surface area contributed by atoms with Crippen LogP contribution in [0.5, 0.6) is 0 Å². The molecular formula is C29H34N4O6S. The number of hydrogen-bond donors (Lipinski definition) is 1. The van der Waals surface area contributed by atoms with E-state index in [0.717, 1.165) is 9.87 Å². The third kappa shape index (κ3) is 7.66. The molecule has 3 aromatic rings. The van der Waals surface area contributed by atoms with Crippen LogP contribution in [-0.4, -0.2) is 55.2 Å². The van der Waals surface area contributed by atoms with Gasteiger partial charge in [-0.15, -0.1) is 0 Å². The predicted molar refractivity (Wildman–Crippen MR) is 153 cm³/mol. The molecule has 0 saturated heterocycles. The van der Waals surface area contributed by atoms with Gasteiger partial charge in [-0.2, -0.15) is 0 Å². The molecule has 0 aliphatic rings. The summed E-state index contributed by atoms with van der Waals surface area (Å²) in [4.78, 5) is 38.8. The van der Waals surface area contributed by atoms with Gasteiger partial charge in [0.1, 0.15) is 12.6 Å². The zero-order chi connectivity index (χ0) is 29.3. The van der Waals surface area contributed by atoms with Gasteiger partial charge < -0.3 is 10.2 Å². The number of non-ortho nitro benzene ring substituents is 1. The summed E-state index contributed by atoms with van der Waals surface area (Å²) in [6.45, 7) is 4.98.